The number of nitrogens with zero attached hydrogens (tertiary/aromatic N) is 1. The van der Waals surface area contributed by atoms with Crippen LogP contribution in [0.2, 0.25) is 0 Å². The molecule has 1 amide bonds. The van der Waals surface area contributed by atoms with E-state index < -0.39 is 0 Å². The van der Waals surface area contributed by atoms with E-state index >= 15 is 0 Å². The molecule has 110 valence electrons. The number of nitrogens with one attached hydrogen (secondary N) is 1. The number of hydrogen-bond acceptors (Lipinski definition) is 3. The zero-order chi connectivity index (χ0) is 14.4. The Morgan fingerprint density at radius 3 is 2.80 bits per heavy atom. The summed E-state index contributed by atoms with van der Waals surface area (Å²) in [5, 5.41) is 2.89. The van der Waals surface area contributed by atoms with Crippen LogP contribution in [-0.4, -0.2) is 17.0 Å². The van der Waals surface area contributed by atoms with Crippen LogP contribution >= 0.6 is 0 Å². The lowest BCUT2D eigenvalue weighted by molar-refractivity contribution is -0.121. The molecule has 1 heterocycles. The number of rotatable bonds is 5. The van der Waals surface area contributed by atoms with Gasteiger partial charge < -0.3 is 15.6 Å². The lowest BCUT2D eigenvalue weighted by Gasteiger charge is -2.21. The van der Waals surface area contributed by atoms with Crippen LogP contribution in [0, 0.1) is 5.92 Å². The Morgan fingerprint density at radius 1 is 1.30 bits per heavy atom. The van der Waals surface area contributed by atoms with Crippen LogP contribution < -0.4 is 16.6 Å². The summed E-state index contributed by atoms with van der Waals surface area (Å²) in [7, 11) is 0. The van der Waals surface area contributed by atoms with Crippen LogP contribution in [0.3, 0.4) is 0 Å². The van der Waals surface area contributed by atoms with Gasteiger partial charge in [0, 0.05) is 24.5 Å². The fourth-order valence-corrected chi connectivity index (χ4v) is 2.78. The maximum atomic E-state index is 11.8. The number of hydrogen-bond donors (Lipinski definition) is 2. The van der Waals surface area contributed by atoms with E-state index in [2.05, 4.69) is 5.32 Å². The zero-order valence-electron chi connectivity index (χ0n) is 11.8. The number of carbonyl (C=O) groups is 1. The van der Waals surface area contributed by atoms with E-state index in [0.29, 0.717) is 12.2 Å². The van der Waals surface area contributed by atoms with Gasteiger partial charge in [-0.15, -0.1) is 0 Å². The summed E-state index contributed by atoms with van der Waals surface area (Å²) >= 11 is 0. The summed E-state index contributed by atoms with van der Waals surface area (Å²) in [6, 6.07) is 2.92. The van der Waals surface area contributed by atoms with E-state index in [4.69, 9.17) is 5.73 Å². The highest BCUT2D eigenvalue weighted by atomic mass is 16.2. The second-order valence-corrected chi connectivity index (χ2v) is 5.57. The topological polar surface area (TPSA) is 77.1 Å². The normalized spacial score (nSPS) is 16.0. The summed E-state index contributed by atoms with van der Waals surface area (Å²) in [6.07, 6.45) is 9.09. The average molecular weight is 277 g/mol. The van der Waals surface area contributed by atoms with E-state index in [1.54, 1.807) is 6.07 Å². The number of aromatic nitrogens is 1. The van der Waals surface area contributed by atoms with Gasteiger partial charge >= 0.3 is 0 Å². The second kappa shape index (κ2) is 7.12. The Bertz CT molecular complexity index is 504. The van der Waals surface area contributed by atoms with Gasteiger partial charge in [0.05, 0.1) is 0 Å². The van der Waals surface area contributed by atoms with Gasteiger partial charge in [0.15, 0.2) is 0 Å². The van der Waals surface area contributed by atoms with Crippen molar-refractivity contribution in [1.82, 2.24) is 9.88 Å². The van der Waals surface area contributed by atoms with Gasteiger partial charge in [0.25, 0.3) is 5.56 Å². The van der Waals surface area contributed by atoms with Crippen molar-refractivity contribution in [2.45, 2.75) is 45.1 Å². The van der Waals surface area contributed by atoms with E-state index in [0.717, 1.165) is 12.3 Å². The Morgan fingerprint density at radius 2 is 2.05 bits per heavy atom. The van der Waals surface area contributed by atoms with E-state index in [-0.39, 0.29) is 18.0 Å². The molecule has 0 unspecified atom stereocenters. The van der Waals surface area contributed by atoms with Gasteiger partial charge in [-0.1, -0.05) is 32.1 Å². The van der Waals surface area contributed by atoms with Crippen LogP contribution in [0.4, 0.5) is 5.69 Å². The summed E-state index contributed by atoms with van der Waals surface area (Å²) in [5.74, 6) is 0.618. The van der Waals surface area contributed by atoms with Crippen LogP contribution in [-0.2, 0) is 11.3 Å². The fourth-order valence-electron chi connectivity index (χ4n) is 2.78. The summed E-state index contributed by atoms with van der Waals surface area (Å²) in [6.45, 7) is 0.731. The molecule has 5 nitrogen and oxygen atoms in total. The zero-order valence-corrected chi connectivity index (χ0v) is 11.8. The summed E-state index contributed by atoms with van der Waals surface area (Å²) in [5.41, 5.74) is 5.89. The third-order valence-electron chi connectivity index (χ3n) is 3.92. The van der Waals surface area contributed by atoms with Crippen molar-refractivity contribution >= 4 is 11.6 Å². The lowest BCUT2D eigenvalue weighted by Crippen LogP contribution is -2.33. The molecule has 0 aliphatic heterocycles. The molecule has 0 radical (unpaired) electrons. The standard InChI is InChI=1S/C15H23N3O2/c16-13-6-7-15(20)18(10-13)11-14(19)17-9-8-12-4-2-1-3-5-12/h6-7,10,12H,1-5,8-9,11,16H2,(H,17,19). The quantitative estimate of drug-likeness (QED) is 0.856. The molecule has 20 heavy (non-hydrogen) atoms. The van der Waals surface area contributed by atoms with Crippen molar-refractivity contribution in [3.8, 4) is 0 Å². The molecule has 0 bridgehead atoms. The molecule has 1 aromatic rings. The Hall–Kier alpha value is -1.78. The molecule has 0 atom stereocenters. The minimum Gasteiger partial charge on any atom is -0.398 e. The maximum absolute atomic E-state index is 11.8. The molecule has 3 N–H and O–H groups in total. The Kier molecular flexibility index (Phi) is 5.21. The molecule has 5 heteroatoms. The van der Waals surface area contributed by atoms with Crippen LogP contribution in [0.5, 0.6) is 0 Å². The molecule has 0 spiro atoms. The van der Waals surface area contributed by atoms with Gasteiger partial charge in [-0.05, 0) is 18.4 Å². The second-order valence-electron chi connectivity index (χ2n) is 5.57. The Labute approximate surface area is 119 Å². The first kappa shape index (κ1) is 14.6. The average Bonchev–Trinajstić information content (AvgIpc) is 2.44. The number of nitrogens with two attached hydrogens (primary N) is 1. The van der Waals surface area contributed by atoms with Gasteiger partial charge in [0.2, 0.25) is 5.91 Å². The highest BCUT2D eigenvalue weighted by molar-refractivity contribution is 5.75. The molecule has 0 saturated heterocycles. The van der Waals surface area contributed by atoms with Crippen molar-refractivity contribution in [3.63, 3.8) is 0 Å². The smallest absolute Gasteiger partial charge is 0.251 e. The first-order valence-corrected chi connectivity index (χ1v) is 7.38. The predicted molar refractivity (Wildman–Crippen MR) is 79.3 cm³/mol. The minimum atomic E-state index is -0.207. The van der Waals surface area contributed by atoms with Gasteiger partial charge in [-0.2, -0.15) is 0 Å². The minimum absolute atomic E-state index is 0.0362. The molecule has 1 aliphatic rings. The molecule has 0 aromatic carbocycles. The maximum Gasteiger partial charge on any atom is 0.251 e. The monoisotopic (exact) mass is 277 g/mol. The van der Waals surface area contributed by atoms with Gasteiger partial charge in [0.1, 0.15) is 6.54 Å². The van der Waals surface area contributed by atoms with Crippen molar-refractivity contribution in [1.29, 1.82) is 0 Å². The number of carbonyl (C=O) groups excluding carboxylic acids is 1. The molecule has 1 aromatic heterocycles. The lowest BCUT2D eigenvalue weighted by atomic mass is 9.87. The largest absolute Gasteiger partial charge is 0.398 e. The van der Waals surface area contributed by atoms with Crippen LogP contribution in [0.1, 0.15) is 38.5 Å². The molecule has 2 rings (SSSR count). The summed E-state index contributed by atoms with van der Waals surface area (Å²) in [4.78, 5) is 23.4. The molecular formula is C15H23N3O2. The number of pyridine rings is 1. The number of anilines is 1. The van der Waals surface area contributed by atoms with Gasteiger partial charge in [-0.3, -0.25) is 9.59 Å². The van der Waals surface area contributed by atoms with Crippen LogP contribution in [0.25, 0.3) is 0 Å². The van der Waals surface area contributed by atoms with E-state index in [1.807, 2.05) is 0 Å². The first-order valence-electron chi connectivity index (χ1n) is 7.38. The first-order chi connectivity index (χ1) is 9.65. The van der Waals surface area contributed by atoms with Crippen molar-refractivity contribution in [2.24, 2.45) is 5.92 Å². The number of amides is 1. The molecule has 1 saturated carbocycles. The third kappa shape index (κ3) is 4.40. The molecule has 1 aliphatic carbocycles. The van der Waals surface area contributed by atoms with Crippen molar-refractivity contribution in [2.75, 3.05) is 12.3 Å². The van der Waals surface area contributed by atoms with Crippen molar-refractivity contribution < 1.29 is 4.79 Å². The van der Waals surface area contributed by atoms with E-state index in [1.165, 1.54) is 48.9 Å². The Balaban J connectivity index is 1.74. The SMILES string of the molecule is Nc1ccc(=O)n(CC(=O)NCCC2CCCCC2)c1. The summed E-state index contributed by atoms with van der Waals surface area (Å²) < 4.78 is 1.34. The van der Waals surface area contributed by atoms with E-state index in [9.17, 15) is 9.59 Å². The predicted octanol–water partition coefficient (Wildman–Crippen LogP) is 1.52. The van der Waals surface area contributed by atoms with Crippen LogP contribution in [0.15, 0.2) is 23.1 Å². The fraction of sp³-hybridized carbons (Fsp3) is 0.600. The van der Waals surface area contributed by atoms with Crippen molar-refractivity contribution in [3.05, 3.63) is 28.7 Å². The molecular weight excluding hydrogens is 254 g/mol. The van der Waals surface area contributed by atoms with Gasteiger partial charge in [-0.25, -0.2) is 0 Å². The number of nitrogen functional groups attached to an aromatic ring is 1. The third-order valence-corrected chi connectivity index (χ3v) is 3.92. The highest BCUT2D eigenvalue weighted by Crippen LogP contribution is 2.25. The molecule has 1 fully saturated rings. The highest BCUT2D eigenvalue weighted by Gasteiger charge is 2.13.